The van der Waals surface area contributed by atoms with Crippen molar-refractivity contribution in [3.8, 4) is 17.1 Å². The summed E-state index contributed by atoms with van der Waals surface area (Å²) in [7, 11) is 0. The molecule has 0 bridgehead atoms. The quantitative estimate of drug-likeness (QED) is 0.511. The highest BCUT2D eigenvalue weighted by Crippen LogP contribution is 2.29. The Labute approximate surface area is 150 Å². The Kier molecular flexibility index (Phi) is 3.86. The molecule has 1 heterocycles. The number of aromatic nitrogens is 2. The lowest BCUT2D eigenvalue weighted by atomic mass is 10.1. The average Bonchev–Trinajstić information content (AvgIpc) is 2.63. The highest BCUT2D eigenvalue weighted by molar-refractivity contribution is 6.33. The summed E-state index contributed by atoms with van der Waals surface area (Å²) in [5.41, 5.74) is 3.09. The summed E-state index contributed by atoms with van der Waals surface area (Å²) in [5, 5.41) is 1.15. The van der Waals surface area contributed by atoms with Crippen LogP contribution >= 0.6 is 11.6 Å². The second kappa shape index (κ2) is 6.19. The van der Waals surface area contributed by atoms with Crippen LogP contribution < -0.4 is 5.56 Å². The highest BCUT2D eigenvalue weighted by atomic mass is 35.5. The molecule has 1 aromatic heterocycles. The fourth-order valence-electron chi connectivity index (χ4n) is 2.99. The van der Waals surface area contributed by atoms with Crippen LogP contribution in [0.5, 0.6) is 0 Å². The molecule has 0 saturated carbocycles. The summed E-state index contributed by atoms with van der Waals surface area (Å²) >= 11 is 6.41. The van der Waals surface area contributed by atoms with Gasteiger partial charge in [-0.1, -0.05) is 54.1 Å². The van der Waals surface area contributed by atoms with E-state index in [9.17, 15) is 4.79 Å². The first-order valence-electron chi connectivity index (χ1n) is 7.99. The standard InChI is InChI=1S/C21H15ClN2O/c1-14-8-2-7-13-19(14)24-20(15-9-3-5-11-17(15)22)23-18-12-6-4-10-16(18)21(24)25/h2-13H,1H3. The molecular weight excluding hydrogens is 332 g/mol. The van der Waals surface area contributed by atoms with Crippen molar-refractivity contribution in [2.24, 2.45) is 0 Å². The lowest BCUT2D eigenvalue weighted by Crippen LogP contribution is -2.22. The van der Waals surface area contributed by atoms with Gasteiger partial charge >= 0.3 is 0 Å². The van der Waals surface area contributed by atoms with Crippen molar-refractivity contribution in [2.75, 3.05) is 0 Å². The van der Waals surface area contributed by atoms with Gasteiger partial charge in [0.25, 0.3) is 5.56 Å². The number of nitrogens with zero attached hydrogens (tertiary/aromatic N) is 2. The molecule has 4 rings (SSSR count). The van der Waals surface area contributed by atoms with E-state index >= 15 is 0 Å². The predicted molar refractivity (Wildman–Crippen MR) is 103 cm³/mol. The van der Waals surface area contributed by atoms with Gasteiger partial charge in [-0.05, 0) is 42.8 Å². The highest BCUT2D eigenvalue weighted by Gasteiger charge is 2.17. The van der Waals surface area contributed by atoms with Crippen molar-refractivity contribution in [1.82, 2.24) is 9.55 Å². The SMILES string of the molecule is Cc1ccccc1-n1c(-c2ccccc2Cl)nc2ccccc2c1=O. The number of benzene rings is 3. The normalized spacial score (nSPS) is 11.0. The number of halogens is 1. The van der Waals surface area contributed by atoms with Crippen LogP contribution in [0.2, 0.25) is 5.02 Å². The van der Waals surface area contributed by atoms with Gasteiger partial charge in [0, 0.05) is 5.56 Å². The largest absolute Gasteiger partial charge is 0.268 e. The van der Waals surface area contributed by atoms with Gasteiger partial charge in [-0.3, -0.25) is 9.36 Å². The summed E-state index contributed by atoms with van der Waals surface area (Å²) in [4.78, 5) is 18.0. The zero-order chi connectivity index (χ0) is 17.4. The zero-order valence-corrected chi connectivity index (χ0v) is 14.4. The Morgan fingerprint density at radius 2 is 1.56 bits per heavy atom. The van der Waals surface area contributed by atoms with Crippen LogP contribution in [0.1, 0.15) is 5.56 Å². The molecule has 3 aromatic carbocycles. The van der Waals surface area contributed by atoms with E-state index in [1.54, 1.807) is 16.7 Å². The Morgan fingerprint density at radius 3 is 2.36 bits per heavy atom. The van der Waals surface area contributed by atoms with E-state index in [0.717, 1.165) is 16.8 Å². The molecule has 4 aromatic rings. The summed E-state index contributed by atoms with van der Waals surface area (Å²) in [6.07, 6.45) is 0. The third kappa shape index (κ3) is 2.63. The number of aryl methyl sites for hydroxylation is 1. The Hall–Kier alpha value is -2.91. The number of para-hydroxylation sites is 2. The minimum absolute atomic E-state index is 0.102. The molecule has 4 heteroatoms. The fourth-order valence-corrected chi connectivity index (χ4v) is 3.21. The average molecular weight is 347 g/mol. The van der Waals surface area contributed by atoms with E-state index < -0.39 is 0 Å². The van der Waals surface area contributed by atoms with E-state index in [-0.39, 0.29) is 5.56 Å². The minimum atomic E-state index is -0.102. The maximum Gasteiger partial charge on any atom is 0.266 e. The van der Waals surface area contributed by atoms with E-state index in [0.29, 0.717) is 21.7 Å². The molecule has 3 nitrogen and oxygen atoms in total. The van der Waals surface area contributed by atoms with E-state index in [1.165, 1.54) is 0 Å². The molecule has 0 atom stereocenters. The first-order chi connectivity index (χ1) is 12.2. The van der Waals surface area contributed by atoms with Crippen molar-refractivity contribution >= 4 is 22.5 Å². The molecule has 0 N–H and O–H groups in total. The smallest absolute Gasteiger partial charge is 0.266 e. The van der Waals surface area contributed by atoms with Crippen LogP contribution in [0, 0.1) is 6.92 Å². The number of hydrogen-bond donors (Lipinski definition) is 0. The number of fused-ring (bicyclic) bond motifs is 1. The Morgan fingerprint density at radius 1 is 0.880 bits per heavy atom. The molecule has 0 aliphatic carbocycles. The number of hydrogen-bond acceptors (Lipinski definition) is 2. The van der Waals surface area contributed by atoms with Gasteiger partial charge in [-0.25, -0.2) is 4.98 Å². The molecule has 0 spiro atoms. The van der Waals surface area contributed by atoms with Crippen LogP contribution in [0.15, 0.2) is 77.6 Å². The molecule has 0 aliphatic heterocycles. The summed E-state index contributed by atoms with van der Waals surface area (Å²) in [6.45, 7) is 1.98. The second-order valence-corrected chi connectivity index (χ2v) is 6.27. The third-order valence-electron chi connectivity index (χ3n) is 4.25. The second-order valence-electron chi connectivity index (χ2n) is 5.86. The summed E-state index contributed by atoms with van der Waals surface area (Å²) in [5.74, 6) is 0.545. The zero-order valence-electron chi connectivity index (χ0n) is 13.6. The summed E-state index contributed by atoms with van der Waals surface area (Å²) in [6, 6.07) is 22.6. The lowest BCUT2D eigenvalue weighted by Gasteiger charge is -2.16. The maximum absolute atomic E-state index is 13.3. The van der Waals surface area contributed by atoms with Gasteiger partial charge < -0.3 is 0 Å². The maximum atomic E-state index is 13.3. The van der Waals surface area contributed by atoms with Crippen molar-refractivity contribution in [2.45, 2.75) is 6.92 Å². The van der Waals surface area contributed by atoms with E-state index in [4.69, 9.17) is 16.6 Å². The van der Waals surface area contributed by atoms with Gasteiger partial charge in [0.2, 0.25) is 0 Å². The van der Waals surface area contributed by atoms with Crippen molar-refractivity contribution in [1.29, 1.82) is 0 Å². The predicted octanol–water partition coefficient (Wildman–Crippen LogP) is 5.01. The van der Waals surface area contributed by atoms with Gasteiger partial charge in [-0.2, -0.15) is 0 Å². The third-order valence-corrected chi connectivity index (χ3v) is 4.58. The topological polar surface area (TPSA) is 34.9 Å². The monoisotopic (exact) mass is 346 g/mol. The lowest BCUT2D eigenvalue weighted by molar-refractivity contribution is 0.965. The van der Waals surface area contributed by atoms with Gasteiger partial charge in [-0.15, -0.1) is 0 Å². The summed E-state index contributed by atoms with van der Waals surface area (Å²) < 4.78 is 1.65. The molecule has 0 saturated heterocycles. The molecule has 0 unspecified atom stereocenters. The molecule has 25 heavy (non-hydrogen) atoms. The number of rotatable bonds is 2. The van der Waals surface area contributed by atoms with Gasteiger partial charge in [0.15, 0.2) is 0 Å². The van der Waals surface area contributed by atoms with E-state index in [2.05, 4.69) is 0 Å². The molecule has 0 aliphatic rings. The van der Waals surface area contributed by atoms with Crippen LogP contribution in [0.4, 0.5) is 0 Å². The minimum Gasteiger partial charge on any atom is -0.268 e. The van der Waals surface area contributed by atoms with Crippen molar-refractivity contribution < 1.29 is 0 Å². The first-order valence-corrected chi connectivity index (χ1v) is 8.37. The molecule has 0 fully saturated rings. The fraction of sp³-hybridized carbons (Fsp3) is 0.0476. The van der Waals surface area contributed by atoms with E-state index in [1.807, 2.05) is 67.6 Å². The Bertz CT molecular complexity index is 1150. The molecule has 122 valence electrons. The molecular formula is C21H15ClN2O. The van der Waals surface area contributed by atoms with Crippen molar-refractivity contribution in [3.63, 3.8) is 0 Å². The molecule has 0 amide bonds. The Balaban J connectivity index is 2.18. The first kappa shape index (κ1) is 15.6. The van der Waals surface area contributed by atoms with Crippen LogP contribution in [-0.2, 0) is 0 Å². The van der Waals surface area contributed by atoms with Crippen LogP contribution in [-0.4, -0.2) is 9.55 Å². The van der Waals surface area contributed by atoms with Crippen LogP contribution in [0.25, 0.3) is 28.0 Å². The van der Waals surface area contributed by atoms with Gasteiger partial charge in [0.1, 0.15) is 5.82 Å². The van der Waals surface area contributed by atoms with Gasteiger partial charge in [0.05, 0.1) is 21.6 Å². The van der Waals surface area contributed by atoms with Crippen LogP contribution in [0.3, 0.4) is 0 Å². The molecule has 0 radical (unpaired) electrons. The van der Waals surface area contributed by atoms with Crippen molar-refractivity contribution in [3.05, 3.63) is 93.7 Å².